The van der Waals surface area contributed by atoms with Crippen LogP contribution in [0.2, 0.25) is 10.0 Å². The molecule has 0 bridgehead atoms. The van der Waals surface area contributed by atoms with Gasteiger partial charge in [0, 0.05) is 34.3 Å². The molecule has 2 aromatic carbocycles. The minimum absolute atomic E-state index is 0.231. The maximum atomic E-state index is 13.1. The molecule has 2 atom stereocenters. The number of rotatable bonds is 6. The highest BCUT2D eigenvalue weighted by molar-refractivity contribution is 8.01. The number of hydrazine groups is 1. The first-order valence-corrected chi connectivity index (χ1v) is 11.2. The highest BCUT2D eigenvalue weighted by atomic mass is 35.5. The standard InChI is InChI=1S/C21H21Cl2N3O4S/c1-4-30-18-10-14(24-12(3)27)6-8-16(18)19(28)25-26-20(29)11(2)31-21(26)15-7-5-13(22)9-17(15)23/h5-11,21H,4H2,1-3H3,(H,24,27)(H,25,28)/t11-,21+/m1/s1. The summed E-state index contributed by atoms with van der Waals surface area (Å²) in [5.41, 5.74) is 4.09. The summed E-state index contributed by atoms with van der Waals surface area (Å²) in [6.07, 6.45) is 0. The van der Waals surface area contributed by atoms with Crippen LogP contribution in [0.4, 0.5) is 5.69 Å². The van der Waals surface area contributed by atoms with Crippen molar-refractivity contribution in [1.29, 1.82) is 0 Å². The summed E-state index contributed by atoms with van der Waals surface area (Å²) in [6, 6.07) is 9.71. The lowest BCUT2D eigenvalue weighted by Crippen LogP contribution is -2.45. The van der Waals surface area contributed by atoms with Crippen molar-refractivity contribution in [2.45, 2.75) is 31.4 Å². The highest BCUT2D eigenvalue weighted by Gasteiger charge is 2.41. The van der Waals surface area contributed by atoms with Gasteiger partial charge in [0.1, 0.15) is 11.1 Å². The van der Waals surface area contributed by atoms with Gasteiger partial charge in [0.25, 0.3) is 11.8 Å². The molecule has 0 radical (unpaired) electrons. The number of hydrogen-bond acceptors (Lipinski definition) is 5. The summed E-state index contributed by atoms with van der Waals surface area (Å²) in [7, 11) is 0. The van der Waals surface area contributed by atoms with Crippen molar-refractivity contribution in [3.8, 4) is 5.75 Å². The molecule has 2 N–H and O–H groups in total. The summed E-state index contributed by atoms with van der Waals surface area (Å²) in [5, 5.41) is 3.94. The van der Waals surface area contributed by atoms with Crippen LogP contribution in [-0.2, 0) is 9.59 Å². The van der Waals surface area contributed by atoms with E-state index in [0.717, 1.165) is 0 Å². The predicted octanol–water partition coefficient (Wildman–Crippen LogP) is 4.66. The Hall–Kier alpha value is -2.42. The van der Waals surface area contributed by atoms with Gasteiger partial charge in [0.2, 0.25) is 5.91 Å². The zero-order valence-electron chi connectivity index (χ0n) is 17.1. The molecule has 1 saturated heterocycles. The number of anilines is 1. The van der Waals surface area contributed by atoms with Gasteiger partial charge in [-0.1, -0.05) is 29.3 Å². The van der Waals surface area contributed by atoms with E-state index < -0.39 is 11.3 Å². The number of halogens is 2. The maximum absolute atomic E-state index is 13.1. The van der Waals surface area contributed by atoms with E-state index in [1.807, 2.05) is 0 Å². The number of hydrogen-bond donors (Lipinski definition) is 2. The van der Waals surface area contributed by atoms with Gasteiger partial charge in [0.15, 0.2) is 0 Å². The average Bonchev–Trinajstić information content (AvgIpc) is 2.96. The summed E-state index contributed by atoms with van der Waals surface area (Å²) in [5.74, 6) is -0.714. The van der Waals surface area contributed by atoms with E-state index in [4.69, 9.17) is 27.9 Å². The molecule has 1 fully saturated rings. The lowest BCUT2D eigenvalue weighted by Gasteiger charge is -2.25. The molecular weight excluding hydrogens is 461 g/mol. The van der Waals surface area contributed by atoms with Crippen molar-refractivity contribution >= 4 is 58.4 Å². The Morgan fingerprint density at radius 2 is 1.94 bits per heavy atom. The minimum Gasteiger partial charge on any atom is -0.493 e. The minimum atomic E-state index is -0.518. The van der Waals surface area contributed by atoms with Crippen LogP contribution in [0, 0.1) is 0 Å². The predicted molar refractivity (Wildman–Crippen MR) is 122 cm³/mol. The van der Waals surface area contributed by atoms with E-state index in [1.165, 1.54) is 29.8 Å². The molecule has 1 heterocycles. The zero-order valence-corrected chi connectivity index (χ0v) is 19.4. The van der Waals surface area contributed by atoms with Gasteiger partial charge in [-0.25, -0.2) is 5.01 Å². The van der Waals surface area contributed by atoms with E-state index in [2.05, 4.69) is 10.7 Å². The number of thioether (sulfide) groups is 1. The topological polar surface area (TPSA) is 87.7 Å². The van der Waals surface area contributed by atoms with Crippen LogP contribution in [0.25, 0.3) is 0 Å². The largest absolute Gasteiger partial charge is 0.493 e. The Labute approximate surface area is 194 Å². The van der Waals surface area contributed by atoms with Crippen LogP contribution in [0.1, 0.15) is 42.1 Å². The molecule has 0 aliphatic carbocycles. The van der Waals surface area contributed by atoms with Gasteiger partial charge in [0.05, 0.1) is 17.4 Å². The van der Waals surface area contributed by atoms with Gasteiger partial charge >= 0.3 is 0 Å². The number of nitrogens with one attached hydrogen (secondary N) is 2. The van der Waals surface area contributed by atoms with Crippen molar-refractivity contribution in [3.63, 3.8) is 0 Å². The lowest BCUT2D eigenvalue weighted by molar-refractivity contribution is -0.132. The fourth-order valence-electron chi connectivity index (χ4n) is 3.09. The van der Waals surface area contributed by atoms with Crippen molar-refractivity contribution in [2.24, 2.45) is 0 Å². The first-order chi connectivity index (χ1) is 14.7. The number of carbonyl (C=O) groups is 3. The Morgan fingerprint density at radius 1 is 1.19 bits per heavy atom. The molecule has 3 rings (SSSR count). The van der Waals surface area contributed by atoms with Crippen LogP contribution in [0.15, 0.2) is 36.4 Å². The second kappa shape index (κ2) is 9.80. The molecule has 0 unspecified atom stereocenters. The molecule has 0 saturated carbocycles. The van der Waals surface area contributed by atoms with Crippen LogP contribution in [0.3, 0.4) is 0 Å². The third-order valence-electron chi connectivity index (χ3n) is 4.45. The molecule has 7 nitrogen and oxygen atoms in total. The van der Waals surface area contributed by atoms with E-state index >= 15 is 0 Å². The van der Waals surface area contributed by atoms with Crippen LogP contribution in [-0.4, -0.2) is 34.6 Å². The maximum Gasteiger partial charge on any atom is 0.273 e. The summed E-state index contributed by atoms with van der Waals surface area (Å²) >= 11 is 13.7. The Kier molecular flexibility index (Phi) is 7.35. The third kappa shape index (κ3) is 5.26. The SMILES string of the molecule is CCOc1cc(NC(C)=O)ccc1C(=O)NN1C(=O)[C@@H](C)S[C@H]1c1ccc(Cl)cc1Cl. The Bertz CT molecular complexity index is 1030. The van der Waals surface area contributed by atoms with Crippen LogP contribution in [0.5, 0.6) is 5.75 Å². The molecule has 3 amide bonds. The van der Waals surface area contributed by atoms with E-state index in [1.54, 1.807) is 44.2 Å². The van der Waals surface area contributed by atoms with Crippen LogP contribution >= 0.6 is 35.0 Å². The zero-order chi connectivity index (χ0) is 22.7. The number of benzene rings is 2. The molecule has 1 aliphatic heterocycles. The number of ether oxygens (including phenoxy) is 1. The Morgan fingerprint density at radius 3 is 2.58 bits per heavy atom. The van der Waals surface area contributed by atoms with Gasteiger partial charge in [-0.15, -0.1) is 11.8 Å². The normalized spacial score (nSPS) is 18.1. The van der Waals surface area contributed by atoms with E-state index in [9.17, 15) is 14.4 Å². The molecule has 0 aromatic heterocycles. The number of nitrogens with zero attached hydrogens (tertiary/aromatic N) is 1. The van der Waals surface area contributed by atoms with Crippen LogP contribution < -0.4 is 15.5 Å². The molecule has 0 spiro atoms. The van der Waals surface area contributed by atoms with E-state index in [0.29, 0.717) is 33.7 Å². The average molecular weight is 482 g/mol. The van der Waals surface area contributed by atoms with Gasteiger partial charge in [-0.3, -0.25) is 19.8 Å². The van der Waals surface area contributed by atoms with Gasteiger partial charge in [-0.2, -0.15) is 0 Å². The van der Waals surface area contributed by atoms with Crippen molar-refractivity contribution in [3.05, 3.63) is 57.6 Å². The van der Waals surface area contributed by atoms with Crippen molar-refractivity contribution in [1.82, 2.24) is 10.4 Å². The smallest absolute Gasteiger partial charge is 0.273 e. The highest BCUT2D eigenvalue weighted by Crippen LogP contribution is 2.44. The monoisotopic (exact) mass is 481 g/mol. The Balaban J connectivity index is 1.89. The molecule has 2 aromatic rings. The number of carbonyl (C=O) groups excluding carboxylic acids is 3. The molecule has 10 heteroatoms. The van der Waals surface area contributed by atoms with Gasteiger partial charge in [-0.05, 0) is 38.1 Å². The summed E-state index contributed by atoms with van der Waals surface area (Å²) < 4.78 is 5.58. The first-order valence-electron chi connectivity index (χ1n) is 9.50. The number of amides is 3. The fraction of sp³-hybridized carbons (Fsp3) is 0.286. The molecule has 31 heavy (non-hydrogen) atoms. The third-order valence-corrected chi connectivity index (χ3v) is 6.34. The summed E-state index contributed by atoms with van der Waals surface area (Å²) in [4.78, 5) is 37.1. The summed E-state index contributed by atoms with van der Waals surface area (Å²) in [6.45, 7) is 5.26. The fourth-order valence-corrected chi connectivity index (χ4v) is 4.91. The van der Waals surface area contributed by atoms with Crippen molar-refractivity contribution < 1.29 is 19.1 Å². The second-order valence-corrected chi connectivity index (χ2v) is 9.04. The lowest BCUT2D eigenvalue weighted by atomic mass is 10.1. The quantitative estimate of drug-likeness (QED) is 0.626. The van der Waals surface area contributed by atoms with Crippen molar-refractivity contribution in [2.75, 3.05) is 11.9 Å². The molecular formula is C21H21Cl2N3O4S. The molecule has 1 aliphatic rings. The van der Waals surface area contributed by atoms with E-state index in [-0.39, 0.29) is 22.6 Å². The second-order valence-electron chi connectivity index (χ2n) is 6.77. The van der Waals surface area contributed by atoms with Gasteiger partial charge < -0.3 is 10.1 Å². The molecule has 164 valence electrons. The first kappa shape index (κ1) is 23.2.